The summed E-state index contributed by atoms with van der Waals surface area (Å²) in [6, 6.07) is 4.25. The minimum Gasteiger partial charge on any atom is -0.478 e. The van der Waals surface area contributed by atoms with E-state index in [0.29, 0.717) is 10.8 Å². The summed E-state index contributed by atoms with van der Waals surface area (Å²) in [5.41, 5.74) is -0.419. The van der Waals surface area contributed by atoms with Gasteiger partial charge in [-0.25, -0.2) is 4.79 Å². The highest BCUT2D eigenvalue weighted by molar-refractivity contribution is 6.13. The van der Waals surface area contributed by atoms with Crippen molar-refractivity contribution in [3.8, 4) is 0 Å². The van der Waals surface area contributed by atoms with Crippen molar-refractivity contribution in [2.45, 2.75) is 32.6 Å². The van der Waals surface area contributed by atoms with E-state index in [0.717, 1.165) is 4.57 Å². The molecular weight excluding hydrogens is 419 g/mol. The lowest BCUT2D eigenvalue weighted by atomic mass is 9.99. The van der Waals surface area contributed by atoms with Gasteiger partial charge in [0.2, 0.25) is 5.91 Å². The van der Waals surface area contributed by atoms with Crippen molar-refractivity contribution >= 4 is 39.5 Å². The summed E-state index contributed by atoms with van der Waals surface area (Å²) in [5, 5.41) is 12.3. The normalized spacial score (nSPS) is 13.0. The van der Waals surface area contributed by atoms with Crippen molar-refractivity contribution in [2.24, 2.45) is 5.92 Å². The fourth-order valence-corrected chi connectivity index (χ4v) is 3.34. The van der Waals surface area contributed by atoms with Gasteiger partial charge in [-0.1, -0.05) is 26.0 Å². The van der Waals surface area contributed by atoms with E-state index >= 15 is 0 Å². The lowest BCUT2D eigenvalue weighted by Gasteiger charge is -2.22. The minimum atomic E-state index is -5.11. The number of aromatic amines is 1. The minimum absolute atomic E-state index is 0.0390. The topological polar surface area (TPSA) is 121 Å². The van der Waals surface area contributed by atoms with Crippen molar-refractivity contribution in [1.29, 1.82) is 0 Å². The number of benzene rings is 1. The van der Waals surface area contributed by atoms with Crippen LogP contribution in [0.15, 0.2) is 35.3 Å². The van der Waals surface area contributed by atoms with Crippen molar-refractivity contribution in [2.75, 3.05) is 0 Å². The maximum Gasteiger partial charge on any atom is 0.452 e. The third-order valence-corrected chi connectivity index (χ3v) is 4.86. The second kappa shape index (κ2) is 7.89. The molecule has 0 saturated carbocycles. The van der Waals surface area contributed by atoms with Crippen LogP contribution in [0.5, 0.6) is 0 Å². The number of hydrogen-bond acceptors (Lipinski definition) is 4. The molecule has 0 bridgehead atoms. The van der Waals surface area contributed by atoms with Gasteiger partial charge in [-0.05, 0) is 18.1 Å². The summed E-state index contributed by atoms with van der Waals surface area (Å²) in [6.45, 7) is 2.10. The molecule has 1 unspecified atom stereocenters. The van der Waals surface area contributed by atoms with Gasteiger partial charge in [0.15, 0.2) is 0 Å². The van der Waals surface area contributed by atoms with Crippen LogP contribution in [-0.2, 0) is 16.1 Å². The largest absolute Gasteiger partial charge is 0.478 e. The first-order chi connectivity index (χ1) is 14.4. The third kappa shape index (κ3) is 4.16. The van der Waals surface area contributed by atoms with Gasteiger partial charge in [0.1, 0.15) is 12.1 Å². The number of aromatic carboxylic acids is 1. The maximum absolute atomic E-state index is 12.8. The quantitative estimate of drug-likeness (QED) is 0.547. The molecule has 31 heavy (non-hydrogen) atoms. The van der Waals surface area contributed by atoms with Gasteiger partial charge in [0.25, 0.3) is 11.3 Å². The monoisotopic (exact) mass is 437 g/mol. The standard InChI is InChI=1S/C20H18F3N3O5/c1-9(2)14(17(28)20(21,22)23)24-13(27)8-26-7-6-11-10-4-3-5-12(19(30)31)15(10)25-16(11)18(26)29/h3-7,9,14,25H,8H2,1-2H3,(H,24,27)(H,30,31). The molecule has 1 atom stereocenters. The van der Waals surface area contributed by atoms with Crippen LogP contribution in [0.3, 0.4) is 0 Å². The number of carbonyl (C=O) groups excluding carboxylic acids is 2. The summed E-state index contributed by atoms with van der Waals surface area (Å²) in [7, 11) is 0. The molecular formula is C20H18F3N3O5. The van der Waals surface area contributed by atoms with Crippen molar-refractivity contribution in [3.05, 3.63) is 46.4 Å². The summed E-state index contributed by atoms with van der Waals surface area (Å²) in [4.78, 5) is 50.8. The fourth-order valence-electron chi connectivity index (χ4n) is 3.34. The zero-order valence-electron chi connectivity index (χ0n) is 16.4. The molecule has 1 amide bonds. The number of halogens is 3. The van der Waals surface area contributed by atoms with Crippen LogP contribution < -0.4 is 10.9 Å². The molecule has 0 aliphatic rings. The molecule has 11 heteroatoms. The van der Waals surface area contributed by atoms with E-state index in [1.165, 1.54) is 38.2 Å². The van der Waals surface area contributed by atoms with Crippen molar-refractivity contribution in [3.63, 3.8) is 0 Å². The Bertz CT molecular complexity index is 1260. The van der Waals surface area contributed by atoms with Gasteiger partial charge in [-0.2, -0.15) is 13.2 Å². The zero-order chi connectivity index (χ0) is 23.1. The predicted molar refractivity (Wildman–Crippen MR) is 105 cm³/mol. The van der Waals surface area contributed by atoms with E-state index in [2.05, 4.69) is 4.98 Å². The molecule has 3 rings (SSSR count). The number of pyridine rings is 1. The lowest BCUT2D eigenvalue weighted by Crippen LogP contribution is -2.50. The van der Waals surface area contributed by atoms with Gasteiger partial charge in [0, 0.05) is 17.0 Å². The van der Waals surface area contributed by atoms with Crippen LogP contribution in [0, 0.1) is 5.92 Å². The number of carboxylic acid groups (broad SMARTS) is 1. The smallest absolute Gasteiger partial charge is 0.452 e. The molecule has 0 spiro atoms. The fraction of sp³-hybridized carbons (Fsp3) is 0.300. The Morgan fingerprint density at radius 3 is 2.35 bits per heavy atom. The molecule has 0 aliphatic heterocycles. The van der Waals surface area contributed by atoms with Crippen LogP contribution in [0.2, 0.25) is 0 Å². The predicted octanol–water partition coefficient (Wildman–Crippen LogP) is 2.45. The summed E-state index contributed by atoms with van der Waals surface area (Å²) >= 11 is 0. The van der Waals surface area contributed by atoms with Gasteiger partial charge in [0.05, 0.1) is 17.1 Å². The van der Waals surface area contributed by atoms with Crippen molar-refractivity contribution < 1.29 is 32.7 Å². The number of carboxylic acids is 1. The molecule has 8 nitrogen and oxygen atoms in total. The number of aromatic nitrogens is 2. The van der Waals surface area contributed by atoms with E-state index < -0.39 is 47.9 Å². The molecule has 2 heterocycles. The summed E-state index contributed by atoms with van der Waals surface area (Å²) in [6.07, 6.45) is -3.83. The number of Topliss-reactive ketones (excluding diaryl/α,β-unsaturated/α-hetero) is 1. The highest BCUT2D eigenvalue weighted by Gasteiger charge is 2.44. The number of alkyl halides is 3. The third-order valence-electron chi connectivity index (χ3n) is 4.86. The molecule has 3 N–H and O–H groups in total. The SMILES string of the molecule is CC(C)C(NC(=O)Cn1ccc2c([nH]c3c(C(=O)O)cccc32)c1=O)C(=O)C(F)(F)F. The molecule has 0 radical (unpaired) electrons. The Morgan fingerprint density at radius 2 is 1.77 bits per heavy atom. The highest BCUT2D eigenvalue weighted by Crippen LogP contribution is 2.26. The zero-order valence-corrected chi connectivity index (χ0v) is 16.4. The van der Waals surface area contributed by atoms with Crippen LogP contribution in [0.4, 0.5) is 13.2 Å². The molecule has 3 aromatic rings. The average molecular weight is 437 g/mol. The summed E-state index contributed by atoms with van der Waals surface area (Å²) in [5.74, 6) is -5.03. The van der Waals surface area contributed by atoms with Crippen LogP contribution in [-0.4, -0.2) is 44.5 Å². The van der Waals surface area contributed by atoms with E-state index in [1.807, 2.05) is 5.32 Å². The Labute approximate surface area is 172 Å². The number of ketones is 1. The van der Waals surface area contributed by atoms with Gasteiger partial charge < -0.3 is 20.0 Å². The molecule has 164 valence electrons. The molecule has 0 aliphatic carbocycles. The maximum atomic E-state index is 12.8. The Kier molecular flexibility index (Phi) is 5.62. The van der Waals surface area contributed by atoms with E-state index in [-0.39, 0.29) is 16.6 Å². The van der Waals surface area contributed by atoms with Gasteiger partial charge >= 0.3 is 12.1 Å². The first-order valence-electron chi connectivity index (χ1n) is 9.19. The van der Waals surface area contributed by atoms with Gasteiger partial charge in [-0.15, -0.1) is 0 Å². The van der Waals surface area contributed by atoms with Crippen LogP contribution in [0.1, 0.15) is 24.2 Å². The molecule has 2 aromatic heterocycles. The Morgan fingerprint density at radius 1 is 1.13 bits per heavy atom. The number of amides is 1. The number of fused-ring (bicyclic) bond motifs is 3. The second-order valence-electron chi connectivity index (χ2n) is 7.35. The average Bonchev–Trinajstić information content (AvgIpc) is 3.06. The van der Waals surface area contributed by atoms with E-state index in [9.17, 15) is 37.5 Å². The first-order valence-corrected chi connectivity index (χ1v) is 9.19. The van der Waals surface area contributed by atoms with Gasteiger partial charge in [-0.3, -0.25) is 14.4 Å². The lowest BCUT2D eigenvalue weighted by molar-refractivity contribution is -0.174. The number of para-hydroxylation sites is 1. The Balaban J connectivity index is 1.94. The number of nitrogens with one attached hydrogen (secondary N) is 2. The molecule has 1 aromatic carbocycles. The number of hydrogen-bond donors (Lipinski definition) is 3. The molecule has 0 saturated heterocycles. The first kappa shape index (κ1) is 22.1. The van der Waals surface area contributed by atoms with Crippen molar-refractivity contribution in [1.82, 2.24) is 14.9 Å². The highest BCUT2D eigenvalue weighted by atomic mass is 19.4. The number of carbonyl (C=O) groups is 3. The van der Waals surface area contributed by atoms with Crippen LogP contribution >= 0.6 is 0 Å². The van der Waals surface area contributed by atoms with E-state index in [4.69, 9.17) is 0 Å². The Hall–Kier alpha value is -3.63. The summed E-state index contributed by atoms with van der Waals surface area (Å²) < 4.78 is 39.3. The molecule has 0 fully saturated rings. The second-order valence-corrected chi connectivity index (χ2v) is 7.35. The number of nitrogens with zero attached hydrogens (tertiary/aromatic N) is 1. The number of H-pyrrole nitrogens is 1. The van der Waals surface area contributed by atoms with Crippen LogP contribution in [0.25, 0.3) is 21.8 Å². The number of rotatable bonds is 6. The van der Waals surface area contributed by atoms with E-state index in [1.54, 1.807) is 6.07 Å².